The van der Waals surface area contributed by atoms with Gasteiger partial charge in [0.25, 0.3) is 5.91 Å². The molecule has 23 heavy (non-hydrogen) atoms. The molecule has 0 spiro atoms. The summed E-state index contributed by atoms with van der Waals surface area (Å²) in [5.74, 6) is -0.0715. The van der Waals surface area contributed by atoms with Gasteiger partial charge in [-0.3, -0.25) is 4.79 Å². The standard InChI is InChI=1S/C17H21ClN2O2S/c1-12-14(23-16(18)19-12)15(21)20(17(2,3)11-22-4)10-13-8-6-5-7-9-13/h5-9H,10-11H2,1-4H3. The summed E-state index contributed by atoms with van der Waals surface area (Å²) in [5, 5.41) is 0. The van der Waals surface area contributed by atoms with Gasteiger partial charge in [0.1, 0.15) is 4.88 Å². The Morgan fingerprint density at radius 2 is 2.00 bits per heavy atom. The first-order chi connectivity index (χ1) is 10.8. The quantitative estimate of drug-likeness (QED) is 0.783. The number of carbonyl (C=O) groups excluding carboxylic acids is 1. The minimum Gasteiger partial charge on any atom is -0.382 e. The van der Waals surface area contributed by atoms with Gasteiger partial charge < -0.3 is 9.64 Å². The Morgan fingerprint density at radius 3 is 2.52 bits per heavy atom. The Kier molecular flexibility index (Phi) is 5.79. The number of aryl methyl sites for hydroxylation is 1. The second-order valence-corrected chi connectivity index (χ2v) is 7.58. The van der Waals surface area contributed by atoms with Gasteiger partial charge in [-0.25, -0.2) is 4.98 Å². The zero-order valence-corrected chi connectivity index (χ0v) is 15.4. The number of ether oxygens (including phenoxy) is 1. The lowest BCUT2D eigenvalue weighted by molar-refractivity contribution is 0.0234. The maximum atomic E-state index is 13.1. The first-order valence-corrected chi connectivity index (χ1v) is 8.52. The van der Waals surface area contributed by atoms with Crippen LogP contribution in [-0.2, 0) is 11.3 Å². The van der Waals surface area contributed by atoms with Crippen LogP contribution in [0.15, 0.2) is 30.3 Å². The molecule has 0 aliphatic heterocycles. The number of aromatic nitrogens is 1. The molecule has 1 aromatic carbocycles. The Labute approximate surface area is 146 Å². The molecule has 0 radical (unpaired) electrons. The van der Waals surface area contributed by atoms with Crippen LogP contribution < -0.4 is 0 Å². The van der Waals surface area contributed by atoms with E-state index in [0.717, 1.165) is 5.56 Å². The number of benzene rings is 1. The number of carbonyl (C=O) groups is 1. The summed E-state index contributed by atoms with van der Waals surface area (Å²) in [5.41, 5.74) is 1.28. The van der Waals surface area contributed by atoms with Gasteiger partial charge >= 0.3 is 0 Å². The van der Waals surface area contributed by atoms with Crippen LogP contribution in [0.25, 0.3) is 0 Å². The van der Waals surface area contributed by atoms with Gasteiger partial charge in [0.2, 0.25) is 0 Å². The molecule has 6 heteroatoms. The Bertz CT molecular complexity index is 670. The van der Waals surface area contributed by atoms with Crippen LogP contribution in [-0.4, -0.2) is 35.0 Å². The lowest BCUT2D eigenvalue weighted by Crippen LogP contribution is -2.50. The molecule has 1 amide bonds. The summed E-state index contributed by atoms with van der Waals surface area (Å²) >= 11 is 7.18. The van der Waals surface area contributed by atoms with E-state index in [-0.39, 0.29) is 5.91 Å². The number of rotatable bonds is 6. The minimum absolute atomic E-state index is 0.0715. The van der Waals surface area contributed by atoms with Crippen molar-refractivity contribution < 1.29 is 9.53 Å². The fourth-order valence-corrected chi connectivity index (χ4v) is 3.54. The van der Waals surface area contributed by atoms with Crippen molar-refractivity contribution in [3.63, 3.8) is 0 Å². The Balaban J connectivity index is 2.36. The van der Waals surface area contributed by atoms with Crippen molar-refractivity contribution in [3.05, 3.63) is 50.9 Å². The smallest absolute Gasteiger partial charge is 0.266 e. The van der Waals surface area contributed by atoms with Gasteiger partial charge in [-0.05, 0) is 26.3 Å². The van der Waals surface area contributed by atoms with Crippen molar-refractivity contribution in [1.29, 1.82) is 0 Å². The van der Waals surface area contributed by atoms with Gasteiger partial charge in [0, 0.05) is 13.7 Å². The van der Waals surface area contributed by atoms with E-state index in [1.165, 1.54) is 11.3 Å². The third kappa shape index (κ3) is 4.31. The molecular weight excluding hydrogens is 332 g/mol. The van der Waals surface area contributed by atoms with Gasteiger partial charge in [-0.15, -0.1) is 0 Å². The predicted molar refractivity (Wildman–Crippen MR) is 94.1 cm³/mol. The maximum absolute atomic E-state index is 13.1. The molecule has 0 fully saturated rings. The van der Waals surface area contributed by atoms with Crippen LogP contribution in [0.2, 0.25) is 4.47 Å². The number of methoxy groups -OCH3 is 1. The van der Waals surface area contributed by atoms with Crippen LogP contribution >= 0.6 is 22.9 Å². The lowest BCUT2D eigenvalue weighted by atomic mass is 10.0. The summed E-state index contributed by atoms with van der Waals surface area (Å²) in [6, 6.07) is 9.92. The van der Waals surface area contributed by atoms with E-state index < -0.39 is 5.54 Å². The van der Waals surface area contributed by atoms with Crippen molar-refractivity contribution in [2.24, 2.45) is 0 Å². The van der Waals surface area contributed by atoms with Gasteiger partial charge in [0.05, 0.1) is 17.8 Å². The molecule has 0 N–H and O–H groups in total. The molecule has 124 valence electrons. The van der Waals surface area contributed by atoms with E-state index in [0.29, 0.717) is 28.2 Å². The molecular formula is C17H21ClN2O2S. The molecule has 0 saturated carbocycles. The summed E-state index contributed by atoms with van der Waals surface area (Å²) < 4.78 is 5.70. The van der Waals surface area contributed by atoms with Gasteiger partial charge in [-0.1, -0.05) is 53.3 Å². The fourth-order valence-electron chi connectivity index (χ4n) is 2.44. The molecule has 0 saturated heterocycles. The number of halogens is 1. The number of hydrogen-bond donors (Lipinski definition) is 0. The number of hydrogen-bond acceptors (Lipinski definition) is 4. The lowest BCUT2D eigenvalue weighted by Gasteiger charge is -2.38. The molecule has 0 aliphatic carbocycles. The molecule has 0 atom stereocenters. The van der Waals surface area contributed by atoms with Crippen LogP contribution in [0.1, 0.15) is 34.8 Å². The molecule has 0 aliphatic rings. The van der Waals surface area contributed by atoms with Gasteiger partial charge in [-0.2, -0.15) is 0 Å². The zero-order valence-electron chi connectivity index (χ0n) is 13.8. The predicted octanol–water partition coefficient (Wildman–Crippen LogP) is 4.17. The summed E-state index contributed by atoms with van der Waals surface area (Å²) in [6.45, 7) is 6.74. The topological polar surface area (TPSA) is 42.4 Å². The Morgan fingerprint density at radius 1 is 1.35 bits per heavy atom. The average molecular weight is 353 g/mol. The monoisotopic (exact) mass is 352 g/mol. The van der Waals surface area contributed by atoms with Crippen molar-refractivity contribution in [3.8, 4) is 0 Å². The highest BCUT2D eigenvalue weighted by Gasteiger charge is 2.33. The van der Waals surface area contributed by atoms with Crippen LogP contribution in [0.4, 0.5) is 0 Å². The summed E-state index contributed by atoms with van der Waals surface area (Å²) in [7, 11) is 1.64. The SMILES string of the molecule is COCC(C)(C)N(Cc1ccccc1)C(=O)c1sc(Cl)nc1C. The van der Waals surface area contributed by atoms with Crippen molar-refractivity contribution in [1.82, 2.24) is 9.88 Å². The normalized spacial score (nSPS) is 11.5. The molecule has 1 heterocycles. The second-order valence-electron chi connectivity index (χ2n) is 6.00. The van der Waals surface area contributed by atoms with E-state index in [1.54, 1.807) is 14.0 Å². The zero-order chi connectivity index (χ0) is 17.0. The minimum atomic E-state index is -0.454. The number of thiazole rings is 1. The molecule has 2 rings (SSSR count). The molecule has 1 aromatic heterocycles. The maximum Gasteiger partial charge on any atom is 0.266 e. The average Bonchev–Trinajstić information content (AvgIpc) is 2.84. The molecule has 0 unspecified atom stereocenters. The van der Waals surface area contributed by atoms with E-state index in [9.17, 15) is 4.79 Å². The Hall–Kier alpha value is -1.43. The third-order valence-electron chi connectivity index (χ3n) is 3.62. The van der Waals surface area contributed by atoms with Crippen molar-refractivity contribution in [2.45, 2.75) is 32.9 Å². The number of amides is 1. The first-order valence-electron chi connectivity index (χ1n) is 7.33. The van der Waals surface area contributed by atoms with E-state index in [4.69, 9.17) is 16.3 Å². The van der Waals surface area contributed by atoms with Crippen LogP contribution in [0.3, 0.4) is 0 Å². The van der Waals surface area contributed by atoms with E-state index in [2.05, 4.69) is 4.98 Å². The second kappa shape index (κ2) is 7.43. The highest BCUT2D eigenvalue weighted by Crippen LogP contribution is 2.28. The third-order valence-corrected chi connectivity index (χ3v) is 4.87. The van der Waals surface area contributed by atoms with Crippen molar-refractivity contribution in [2.75, 3.05) is 13.7 Å². The van der Waals surface area contributed by atoms with Crippen LogP contribution in [0, 0.1) is 6.92 Å². The first kappa shape index (κ1) is 17.9. The summed E-state index contributed by atoms with van der Waals surface area (Å²) in [6.07, 6.45) is 0. The van der Waals surface area contributed by atoms with Crippen LogP contribution in [0.5, 0.6) is 0 Å². The molecule has 0 bridgehead atoms. The van der Waals surface area contributed by atoms with Gasteiger partial charge in [0.15, 0.2) is 4.47 Å². The number of nitrogens with zero attached hydrogens (tertiary/aromatic N) is 2. The summed E-state index contributed by atoms with van der Waals surface area (Å²) in [4.78, 5) is 19.6. The molecule has 2 aromatic rings. The van der Waals surface area contributed by atoms with Crippen molar-refractivity contribution >= 4 is 28.8 Å². The fraction of sp³-hybridized carbons (Fsp3) is 0.412. The van der Waals surface area contributed by atoms with E-state index in [1.807, 2.05) is 49.1 Å². The highest BCUT2D eigenvalue weighted by molar-refractivity contribution is 7.17. The van der Waals surface area contributed by atoms with E-state index >= 15 is 0 Å². The largest absolute Gasteiger partial charge is 0.382 e. The molecule has 4 nitrogen and oxygen atoms in total. The highest BCUT2D eigenvalue weighted by atomic mass is 35.5.